The number of likely N-dealkylation sites (tertiary alicyclic amines) is 1. The van der Waals surface area contributed by atoms with E-state index in [1.165, 1.54) is 0 Å². The van der Waals surface area contributed by atoms with E-state index in [-0.39, 0.29) is 29.7 Å². The summed E-state index contributed by atoms with van der Waals surface area (Å²) in [6.07, 6.45) is 2.33. The van der Waals surface area contributed by atoms with Crippen molar-refractivity contribution in [1.82, 2.24) is 19.7 Å². The van der Waals surface area contributed by atoms with E-state index in [2.05, 4.69) is 18.9 Å². The second-order valence-corrected chi connectivity index (χ2v) is 7.31. The van der Waals surface area contributed by atoms with Crippen LogP contribution >= 0.6 is 0 Å². The summed E-state index contributed by atoms with van der Waals surface area (Å²) in [6, 6.07) is 2.01. The van der Waals surface area contributed by atoms with Crippen molar-refractivity contribution in [3.63, 3.8) is 0 Å². The highest BCUT2D eigenvalue weighted by Gasteiger charge is 2.31. The number of carbonyl (C=O) groups is 2. The van der Waals surface area contributed by atoms with Crippen molar-refractivity contribution in [3.8, 4) is 0 Å². The lowest BCUT2D eigenvalue weighted by molar-refractivity contribution is -0.121. The van der Waals surface area contributed by atoms with Gasteiger partial charge in [0.15, 0.2) is 5.65 Å². The maximum atomic E-state index is 13.1. The number of amides is 2. The molecule has 25 heavy (non-hydrogen) atoms. The molecule has 0 unspecified atom stereocenters. The number of hydrogen-bond donors (Lipinski definition) is 1. The van der Waals surface area contributed by atoms with Crippen LogP contribution in [0.3, 0.4) is 0 Å². The second-order valence-electron chi connectivity index (χ2n) is 7.31. The van der Waals surface area contributed by atoms with Gasteiger partial charge in [0.05, 0.1) is 23.1 Å². The third kappa shape index (κ3) is 3.10. The number of fused-ring (bicyclic) bond motifs is 1. The van der Waals surface area contributed by atoms with Crippen LogP contribution in [0.25, 0.3) is 11.0 Å². The molecule has 0 bridgehead atoms. The van der Waals surface area contributed by atoms with Crippen molar-refractivity contribution in [2.24, 2.45) is 11.7 Å². The summed E-state index contributed by atoms with van der Waals surface area (Å²) in [5, 5.41) is 5.17. The van der Waals surface area contributed by atoms with E-state index in [0.29, 0.717) is 25.1 Å². The summed E-state index contributed by atoms with van der Waals surface area (Å²) in [7, 11) is 0. The highest BCUT2D eigenvalue weighted by Crippen LogP contribution is 2.27. The lowest BCUT2D eigenvalue weighted by atomic mass is 10.0. The van der Waals surface area contributed by atoms with Crippen molar-refractivity contribution in [2.45, 2.75) is 46.1 Å². The number of nitrogens with zero attached hydrogens (tertiary/aromatic N) is 4. The highest BCUT2D eigenvalue weighted by atomic mass is 16.2. The van der Waals surface area contributed by atoms with Gasteiger partial charge in [-0.1, -0.05) is 13.8 Å². The Morgan fingerprint density at radius 3 is 2.56 bits per heavy atom. The molecule has 0 spiro atoms. The maximum absolute atomic E-state index is 13.1. The molecular formula is C18H25N5O2. The molecule has 1 atom stereocenters. The summed E-state index contributed by atoms with van der Waals surface area (Å²) >= 11 is 0. The molecule has 0 aromatic carbocycles. The standard InChI is InChI=1S/C18H25N5O2/c1-10(2)15-7-13(14-8-20-23(11(3)4)17(14)21-15)18(25)22-6-5-12(9-22)16(19)24/h7-8,10-12H,5-6,9H2,1-4H3,(H2,19,24)/t12-/m0/s1. The summed E-state index contributed by atoms with van der Waals surface area (Å²) in [5.74, 6) is -0.486. The molecule has 3 heterocycles. The van der Waals surface area contributed by atoms with Gasteiger partial charge >= 0.3 is 0 Å². The number of rotatable bonds is 4. The zero-order valence-corrected chi connectivity index (χ0v) is 15.2. The first-order valence-corrected chi connectivity index (χ1v) is 8.76. The predicted octanol–water partition coefficient (Wildman–Crippen LogP) is 2.08. The van der Waals surface area contributed by atoms with Gasteiger partial charge in [0.25, 0.3) is 5.91 Å². The Hall–Kier alpha value is -2.44. The van der Waals surface area contributed by atoms with E-state index in [4.69, 9.17) is 10.7 Å². The van der Waals surface area contributed by atoms with Crippen molar-refractivity contribution < 1.29 is 9.59 Å². The largest absolute Gasteiger partial charge is 0.369 e. The van der Waals surface area contributed by atoms with Gasteiger partial charge in [-0.25, -0.2) is 9.67 Å². The molecule has 1 aliphatic rings. The van der Waals surface area contributed by atoms with Crippen LogP contribution in [-0.2, 0) is 4.79 Å². The van der Waals surface area contributed by atoms with Crippen LogP contribution in [0.1, 0.15) is 62.1 Å². The van der Waals surface area contributed by atoms with Gasteiger partial charge in [0.2, 0.25) is 5.91 Å². The van der Waals surface area contributed by atoms with Crippen LogP contribution in [-0.4, -0.2) is 44.6 Å². The van der Waals surface area contributed by atoms with Crippen LogP contribution in [0.2, 0.25) is 0 Å². The Kier molecular flexibility index (Phi) is 4.49. The molecule has 134 valence electrons. The molecule has 2 aromatic rings. The Balaban J connectivity index is 2.05. The van der Waals surface area contributed by atoms with Gasteiger partial charge in [0, 0.05) is 24.8 Å². The van der Waals surface area contributed by atoms with E-state index < -0.39 is 0 Å². The summed E-state index contributed by atoms with van der Waals surface area (Å²) in [6.45, 7) is 9.11. The molecule has 1 aliphatic heterocycles. The van der Waals surface area contributed by atoms with Gasteiger partial charge in [0.1, 0.15) is 0 Å². The second kappa shape index (κ2) is 6.46. The minimum absolute atomic E-state index is 0.0821. The van der Waals surface area contributed by atoms with Crippen molar-refractivity contribution in [2.75, 3.05) is 13.1 Å². The van der Waals surface area contributed by atoms with E-state index in [1.54, 1.807) is 11.1 Å². The van der Waals surface area contributed by atoms with Gasteiger partial charge in [-0.15, -0.1) is 0 Å². The molecule has 0 aliphatic carbocycles. The Morgan fingerprint density at radius 1 is 1.28 bits per heavy atom. The minimum atomic E-state index is -0.342. The van der Waals surface area contributed by atoms with Crippen LogP contribution < -0.4 is 5.73 Å². The third-order valence-electron chi connectivity index (χ3n) is 4.78. The smallest absolute Gasteiger partial charge is 0.254 e. The Bertz CT molecular complexity index is 824. The molecule has 1 saturated heterocycles. The first kappa shape index (κ1) is 17.4. The number of pyridine rings is 1. The highest BCUT2D eigenvalue weighted by molar-refractivity contribution is 6.05. The van der Waals surface area contributed by atoms with Crippen molar-refractivity contribution in [1.29, 1.82) is 0 Å². The fraction of sp³-hybridized carbons (Fsp3) is 0.556. The monoisotopic (exact) mass is 343 g/mol. The molecule has 1 fully saturated rings. The van der Waals surface area contributed by atoms with Gasteiger partial charge in [-0.05, 0) is 32.3 Å². The zero-order chi connectivity index (χ0) is 18.3. The van der Waals surface area contributed by atoms with E-state index in [1.807, 2.05) is 24.6 Å². The van der Waals surface area contributed by atoms with Gasteiger partial charge in [-0.2, -0.15) is 5.10 Å². The molecule has 0 saturated carbocycles. The lowest BCUT2D eigenvalue weighted by Gasteiger charge is -2.18. The Labute approximate surface area is 147 Å². The lowest BCUT2D eigenvalue weighted by Crippen LogP contribution is -2.32. The fourth-order valence-electron chi connectivity index (χ4n) is 3.24. The maximum Gasteiger partial charge on any atom is 0.254 e. The van der Waals surface area contributed by atoms with Crippen molar-refractivity contribution >= 4 is 22.8 Å². The number of aromatic nitrogens is 3. The summed E-state index contributed by atoms with van der Waals surface area (Å²) < 4.78 is 1.84. The van der Waals surface area contributed by atoms with Crippen molar-refractivity contribution in [3.05, 3.63) is 23.5 Å². The van der Waals surface area contributed by atoms with Crippen LogP contribution in [0.15, 0.2) is 12.3 Å². The van der Waals surface area contributed by atoms with Gasteiger partial charge in [-0.3, -0.25) is 9.59 Å². The third-order valence-corrected chi connectivity index (χ3v) is 4.78. The summed E-state index contributed by atoms with van der Waals surface area (Å²) in [4.78, 5) is 30.9. The number of carbonyl (C=O) groups excluding carboxylic acids is 2. The molecule has 2 aromatic heterocycles. The summed E-state index contributed by atoms with van der Waals surface area (Å²) in [5.41, 5.74) is 7.59. The molecule has 0 radical (unpaired) electrons. The predicted molar refractivity (Wildman–Crippen MR) is 95.2 cm³/mol. The topological polar surface area (TPSA) is 94.1 Å². The Morgan fingerprint density at radius 2 is 2.00 bits per heavy atom. The minimum Gasteiger partial charge on any atom is -0.369 e. The first-order valence-electron chi connectivity index (χ1n) is 8.76. The number of nitrogens with two attached hydrogens (primary N) is 1. The van der Waals surface area contributed by atoms with E-state index >= 15 is 0 Å². The molecule has 3 rings (SSSR count). The number of primary amides is 1. The zero-order valence-electron chi connectivity index (χ0n) is 15.2. The SMILES string of the molecule is CC(C)c1cc(C(=O)N2CC[C@H](C(N)=O)C2)c2cnn(C(C)C)c2n1. The quantitative estimate of drug-likeness (QED) is 0.919. The molecule has 2 N–H and O–H groups in total. The number of hydrogen-bond acceptors (Lipinski definition) is 4. The average Bonchev–Trinajstić information content (AvgIpc) is 3.20. The molecule has 7 nitrogen and oxygen atoms in total. The average molecular weight is 343 g/mol. The molecule has 2 amide bonds. The van der Waals surface area contributed by atoms with E-state index in [0.717, 1.165) is 16.7 Å². The first-order chi connectivity index (χ1) is 11.8. The molecule has 7 heteroatoms. The van der Waals surface area contributed by atoms with E-state index in [9.17, 15) is 9.59 Å². The fourth-order valence-corrected chi connectivity index (χ4v) is 3.24. The van der Waals surface area contributed by atoms with Gasteiger partial charge < -0.3 is 10.6 Å². The van der Waals surface area contributed by atoms with Crippen LogP contribution in [0.5, 0.6) is 0 Å². The van der Waals surface area contributed by atoms with Crippen LogP contribution in [0, 0.1) is 5.92 Å². The molecular weight excluding hydrogens is 318 g/mol. The normalized spacial score (nSPS) is 17.8. The van der Waals surface area contributed by atoms with Crippen LogP contribution in [0.4, 0.5) is 0 Å².